The van der Waals surface area contributed by atoms with E-state index in [1.54, 1.807) is 7.11 Å². The fourth-order valence-corrected chi connectivity index (χ4v) is 1.74. The molecular formula is C11H21N3O3. The lowest BCUT2D eigenvalue weighted by atomic mass is 9.99. The first-order chi connectivity index (χ1) is 8.24. The average molecular weight is 243 g/mol. The summed E-state index contributed by atoms with van der Waals surface area (Å²) < 4.78 is 4.80. The first kappa shape index (κ1) is 13.9. The van der Waals surface area contributed by atoms with E-state index in [1.165, 1.54) is 0 Å². The van der Waals surface area contributed by atoms with E-state index in [0.29, 0.717) is 19.7 Å². The summed E-state index contributed by atoms with van der Waals surface area (Å²) in [7, 11) is 1.57. The Balaban J connectivity index is 2.11. The van der Waals surface area contributed by atoms with Crippen LogP contribution in [-0.4, -0.2) is 51.7 Å². The van der Waals surface area contributed by atoms with E-state index in [2.05, 4.69) is 16.0 Å². The zero-order valence-corrected chi connectivity index (χ0v) is 10.3. The lowest BCUT2D eigenvalue weighted by Crippen LogP contribution is -2.44. The van der Waals surface area contributed by atoms with E-state index in [-0.39, 0.29) is 24.3 Å². The van der Waals surface area contributed by atoms with Crippen molar-refractivity contribution >= 4 is 11.8 Å². The average Bonchev–Trinajstić information content (AvgIpc) is 2.37. The number of hydrogen-bond donors (Lipinski definition) is 3. The van der Waals surface area contributed by atoms with E-state index >= 15 is 0 Å². The second-order valence-corrected chi connectivity index (χ2v) is 4.10. The van der Waals surface area contributed by atoms with Crippen molar-refractivity contribution in [1.82, 2.24) is 16.0 Å². The Bertz CT molecular complexity index is 252. The molecule has 1 rings (SSSR count). The number of nitrogens with one attached hydrogen (secondary N) is 3. The summed E-state index contributed by atoms with van der Waals surface area (Å²) in [4.78, 5) is 23.0. The van der Waals surface area contributed by atoms with Crippen molar-refractivity contribution in [3.8, 4) is 0 Å². The Morgan fingerprint density at radius 1 is 1.41 bits per heavy atom. The van der Waals surface area contributed by atoms with Crippen LogP contribution in [0.15, 0.2) is 0 Å². The SMILES string of the molecule is COCCNC(=O)CNC(=O)[C@H]1CCCNC1. The lowest BCUT2D eigenvalue weighted by Gasteiger charge is -2.21. The van der Waals surface area contributed by atoms with Gasteiger partial charge >= 0.3 is 0 Å². The molecular weight excluding hydrogens is 222 g/mol. The van der Waals surface area contributed by atoms with Gasteiger partial charge in [-0.05, 0) is 19.4 Å². The highest BCUT2D eigenvalue weighted by Gasteiger charge is 2.20. The molecule has 3 N–H and O–H groups in total. The molecule has 1 fully saturated rings. The molecule has 2 amide bonds. The molecule has 0 aromatic rings. The van der Waals surface area contributed by atoms with Gasteiger partial charge in [0.15, 0.2) is 0 Å². The maximum Gasteiger partial charge on any atom is 0.239 e. The van der Waals surface area contributed by atoms with Crippen molar-refractivity contribution in [2.24, 2.45) is 5.92 Å². The van der Waals surface area contributed by atoms with Crippen LogP contribution in [0.25, 0.3) is 0 Å². The second-order valence-electron chi connectivity index (χ2n) is 4.10. The summed E-state index contributed by atoms with van der Waals surface area (Å²) in [6, 6.07) is 0. The number of ether oxygens (including phenoxy) is 1. The summed E-state index contributed by atoms with van der Waals surface area (Å²) in [5.74, 6) is -0.228. The molecule has 0 bridgehead atoms. The zero-order valence-electron chi connectivity index (χ0n) is 10.3. The van der Waals surface area contributed by atoms with Crippen LogP contribution in [-0.2, 0) is 14.3 Å². The van der Waals surface area contributed by atoms with Crippen LogP contribution in [0.4, 0.5) is 0 Å². The van der Waals surface area contributed by atoms with Crippen LogP contribution in [0.3, 0.4) is 0 Å². The minimum atomic E-state index is -0.181. The van der Waals surface area contributed by atoms with Gasteiger partial charge in [0.2, 0.25) is 11.8 Å². The van der Waals surface area contributed by atoms with Gasteiger partial charge in [0, 0.05) is 20.2 Å². The molecule has 1 aliphatic rings. The molecule has 98 valence electrons. The molecule has 1 aliphatic heterocycles. The molecule has 1 heterocycles. The third-order valence-corrected chi connectivity index (χ3v) is 2.72. The molecule has 0 saturated carbocycles. The van der Waals surface area contributed by atoms with Crippen LogP contribution in [0.5, 0.6) is 0 Å². The van der Waals surface area contributed by atoms with Gasteiger partial charge in [-0.15, -0.1) is 0 Å². The standard InChI is InChI=1S/C11H21N3O3/c1-17-6-5-13-10(15)8-14-11(16)9-3-2-4-12-7-9/h9,12H,2-8H2,1H3,(H,13,15)(H,14,16)/t9-/m0/s1. The maximum atomic E-state index is 11.7. The predicted octanol–water partition coefficient (Wildman–Crippen LogP) is -1.14. The van der Waals surface area contributed by atoms with E-state index in [9.17, 15) is 9.59 Å². The van der Waals surface area contributed by atoms with Gasteiger partial charge in [-0.2, -0.15) is 0 Å². The van der Waals surface area contributed by atoms with Gasteiger partial charge in [-0.3, -0.25) is 9.59 Å². The van der Waals surface area contributed by atoms with Crippen LogP contribution in [0.1, 0.15) is 12.8 Å². The molecule has 0 radical (unpaired) electrons. The molecule has 0 aromatic heterocycles. The number of piperidine rings is 1. The highest BCUT2D eigenvalue weighted by Crippen LogP contribution is 2.09. The van der Waals surface area contributed by atoms with Gasteiger partial charge in [-0.25, -0.2) is 0 Å². The largest absolute Gasteiger partial charge is 0.383 e. The lowest BCUT2D eigenvalue weighted by molar-refractivity contribution is -0.129. The van der Waals surface area contributed by atoms with E-state index in [0.717, 1.165) is 19.4 Å². The van der Waals surface area contributed by atoms with Crippen LogP contribution in [0, 0.1) is 5.92 Å². The van der Waals surface area contributed by atoms with Crippen molar-refractivity contribution in [1.29, 1.82) is 0 Å². The number of amides is 2. The van der Waals surface area contributed by atoms with Crippen molar-refractivity contribution in [2.45, 2.75) is 12.8 Å². The summed E-state index contributed by atoms with van der Waals surface area (Å²) in [5.41, 5.74) is 0. The molecule has 0 spiro atoms. The quantitative estimate of drug-likeness (QED) is 0.516. The number of rotatable bonds is 6. The van der Waals surface area contributed by atoms with Gasteiger partial charge in [0.05, 0.1) is 19.1 Å². The first-order valence-corrected chi connectivity index (χ1v) is 5.98. The number of carbonyl (C=O) groups is 2. The normalized spacial score (nSPS) is 19.7. The molecule has 1 saturated heterocycles. The minimum Gasteiger partial charge on any atom is -0.383 e. The Morgan fingerprint density at radius 3 is 2.88 bits per heavy atom. The van der Waals surface area contributed by atoms with Crippen molar-refractivity contribution in [2.75, 3.05) is 39.9 Å². The Hall–Kier alpha value is -1.14. The topological polar surface area (TPSA) is 79.5 Å². The fourth-order valence-electron chi connectivity index (χ4n) is 1.74. The van der Waals surface area contributed by atoms with Gasteiger partial charge in [-0.1, -0.05) is 0 Å². The molecule has 6 nitrogen and oxygen atoms in total. The molecule has 0 aromatic carbocycles. The van der Waals surface area contributed by atoms with Gasteiger partial charge < -0.3 is 20.7 Å². The highest BCUT2D eigenvalue weighted by molar-refractivity contribution is 5.85. The first-order valence-electron chi connectivity index (χ1n) is 5.98. The summed E-state index contributed by atoms with van der Waals surface area (Å²) in [6.45, 7) is 2.67. The minimum absolute atomic E-state index is 0.00414. The predicted molar refractivity (Wildman–Crippen MR) is 63.5 cm³/mol. The second kappa shape index (κ2) is 8.03. The maximum absolute atomic E-state index is 11.7. The number of hydrogen-bond acceptors (Lipinski definition) is 4. The van der Waals surface area contributed by atoms with Crippen molar-refractivity contribution < 1.29 is 14.3 Å². The highest BCUT2D eigenvalue weighted by atomic mass is 16.5. The third kappa shape index (κ3) is 5.65. The summed E-state index contributed by atoms with van der Waals surface area (Å²) >= 11 is 0. The summed E-state index contributed by atoms with van der Waals surface area (Å²) in [6.07, 6.45) is 1.91. The van der Waals surface area contributed by atoms with Crippen LogP contribution >= 0.6 is 0 Å². The number of carbonyl (C=O) groups excluding carboxylic acids is 2. The van der Waals surface area contributed by atoms with Gasteiger partial charge in [0.25, 0.3) is 0 Å². The fraction of sp³-hybridized carbons (Fsp3) is 0.818. The summed E-state index contributed by atoms with van der Waals surface area (Å²) in [5, 5.41) is 8.46. The molecule has 0 aliphatic carbocycles. The van der Waals surface area contributed by atoms with Crippen molar-refractivity contribution in [3.05, 3.63) is 0 Å². The monoisotopic (exact) mass is 243 g/mol. The third-order valence-electron chi connectivity index (χ3n) is 2.72. The smallest absolute Gasteiger partial charge is 0.239 e. The molecule has 17 heavy (non-hydrogen) atoms. The number of methoxy groups -OCH3 is 1. The zero-order chi connectivity index (χ0) is 12.5. The molecule has 1 atom stereocenters. The Kier molecular flexibility index (Phi) is 6.57. The Labute approximate surface area is 101 Å². The van der Waals surface area contributed by atoms with Crippen LogP contribution < -0.4 is 16.0 Å². The van der Waals surface area contributed by atoms with Gasteiger partial charge in [0.1, 0.15) is 0 Å². The van der Waals surface area contributed by atoms with E-state index in [4.69, 9.17) is 4.74 Å². The van der Waals surface area contributed by atoms with Crippen LogP contribution in [0.2, 0.25) is 0 Å². The van der Waals surface area contributed by atoms with E-state index < -0.39 is 0 Å². The van der Waals surface area contributed by atoms with Crippen molar-refractivity contribution in [3.63, 3.8) is 0 Å². The Morgan fingerprint density at radius 2 is 2.24 bits per heavy atom. The van der Waals surface area contributed by atoms with E-state index in [1.807, 2.05) is 0 Å². The molecule has 0 unspecified atom stereocenters. The molecule has 6 heteroatoms.